The van der Waals surface area contributed by atoms with E-state index in [1.54, 1.807) is 12.1 Å². The molecule has 0 aliphatic heterocycles. The van der Waals surface area contributed by atoms with E-state index in [1.807, 2.05) is 13.0 Å². The van der Waals surface area contributed by atoms with Crippen LogP contribution in [0.25, 0.3) is 0 Å². The van der Waals surface area contributed by atoms with E-state index in [2.05, 4.69) is 75.8 Å². The molecule has 1 aliphatic rings. The molecule has 0 saturated heterocycles. The molecule has 0 heterocycles. The zero-order chi connectivity index (χ0) is 20.0. The van der Waals surface area contributed by atoms with Crippen LogP contribution in [0, 0.1) is 35.4 Å². The third-order valence-electron chi connectivity index (χ3n) is 5.40. The first kappa shape index (κ1) is 23.3. The van der Waals surface area contributed by atoms with Crippen molar-refractivity contribution in [3.8, 4) is 11.8 Å². The van der Waals surface area contributed by atoms with Crippen LogP contribution in [0.15, 0.2) is 34.8 Å². The summed E-state index contributed by atoms with van der Waals surface area (Å²) in [5.74, 6) is 6.21. The quantitative estimate of drug-likeness (QED) is 0.174. The van der Waals surface area contributed by atoms with Gasteiger partial charge in [0, 0.05) is 24.7 Å². The molecular weight excluding hydrogens is 541 g/mol. The molecule has 1 saturated carbocycles. The van der Waals surface area contributed by atoms with Crippen molar-refractivity contribution in [3.05, 3.63) is 46.2 Å². The number of hydrogen-bond donors (Lipinski definition) is 1. The number of benzene rings is 1. The summed E-state index contributed by atoms with van der Waals surface area (Å²) in [7, 11) is 0. The minimum Gasteiger partial charge on any atom is -0.392 e. The van der Waals surface area contributed by atoms with E-state index < -0.39 is 6.10 Å². The maximum Gasteiger partial charge on any atom is 0.140 e. The van der Waals surface area contributed by atoms with Crippen molar-refractivity contribution in [2.75, 3.05) is 0 Å². The van der Waals surface area contributed by atoms with Gasteiger partial charge in [-0.05, 0) is 68.4 Å². The summed E-state index contributed by atoms with van der Waals surface area (Å²) >= 11 is 5.46. The molecule has 2 rings (SSSR count). The standard InChI is InChI=1S/C21H26BrFIO2P/c1-4-5-7-13(2)14(3)10-11-15-19(26-27-24)12-18(25)20(15)16-8-6-9-17(22)21(16)23/h6,8-11,13-15,18-20,25,27H,7,12H2,1-3H3/b11-10+/t13?,14?,15-,18-,19+,20-/m0/s1. The van der Waals surface area contributed by atoms with Crippen LogP contribution >= 0.6 is 44.4 Å². The topological polar surface area (TPSA) is 29.5 Å². The first-order chi connectivity index (χ1) is 12.9. The summed E-state index contributed by atoms with van der Waals surface area (Å²) in [6.45, 7) is 6.53. The number of hydrogen-bond acceptors (Lipinski definition) is 2. The Labute approximate surface area is 185 Å². The minimum atomic E-state index is -0.625. The number of aliphatic hydroxyl groups excluding tert-OH is 1. The van der Waals surface area contributed by atoms with Crippen molar-refractivity contribution in [1.29, 1.82) is 0 Å². The third-order valence-corrected chi connectivity index (χ3v) is 7.17. The molecule has 0 bridgehead atoms. The molecule has 0 radical (unpaired) electrons. The summed E-state index contributed by atoms with van der Waals surface area (Å²) in [6.07, 6.45) is 4.96. The number of aliphatic hydroxyl groups is 1. The second-order valence-electron chi connectivity index (χ2n) is 7.13. The second-order valence-corrected chi connectivity index (χ2v) is 9.70. The Morgan fingerprint density at radius 3 is 2.89 bits per heavy atom. The van der Waals surface area contributed by atoms with Crippen LogP contribution in [0.3, 0.4) is 0 Å². The Bertz CT molecular complexity index is 718. The van der Waals surface area contributed by atoms with Gasteiger partial charge in [-0.1, -0.05) is 38.1 Å². The Kier molecular flexibility index (Phi) is 9.71. The average Bonchev–Trinajstić information content (AvgIpc) is 2.95. The molecule has 0 aromatic heterocycles. The van der Waals surface area contributed by atoms with Crippen LogP contribution in [0.1, 0.15) is 45.1 Å². The number of allylic oxidation sites excluding steroid dienone is 1. The van der Waals surface area contributed by atoms with E-state index in [0.29, 0.717) is 34.7 Å². The highest BCUT2D eigenvalue weighted by molar-refractivity contribution is 14.2. The van der Waals surface area contributed by atoms with Crippen molar-refractivity contribution >= 4 is 44.4 Å². The summed E-state index contributed by atoms with van der Waals surface area (Å²) in [5.41, 5.74) is 0.548. The van der Waals surface area contributed by atoms with Gasteiger partial charge >= 0.3 is 0 Å². The van der Waals surface area contributed by atoms with Crippen LogP contribution < -0.4 is 0 Å². The van der Waals surface area contributed by atoms with E-state index in [0.717, 1.165) is 6.42 Å². The van der Waals surface area contributed by atoms with Gasteiger partial charge in [-0.15, -0.1) is 11.8 Å². The van der Waals surface area contributed by atoms with Crippen molar-refractivity contribution < 1.29 is 14.0 Å². The van der Waals surface area contributed by atoms with Gasteiger partial charge in [-0.3, -0.25) is 0 Å². The summed E-state index contributed by atoms with van der Waals surface area (Å²) in [4.78, 5) is 0. The maximum absolute atomic E-state index is 14.7. The van der Waals surface area contributed by atoms with E-state index >= 15 is 0 Å². The van der Waals surface area contributed by atoms with Crippen LogP contribution in [-0.2, 0) is 4.52 Å². The predicted octanol–water partition coefficient (Wildman–Crippen LogP) is 6.62. The summed E-state index contributed by atoms with van der Waals surface area (Å²) in [5, 5.41) is 10.7. The molecule has 1 N–H and O–H groups in total. The first-order valence-corrected chi connectivity index (χ1v) is 13.9. The lowest BCUT2D eigenvalue weighted by molar-refractivity contribution is 0.147. The predicted molar refractivity (Wildman–Crippen MR) is 124 cm³/mol. The highest BCUT2D eigenvalue weighted by Gasteiger charge is 2.44. The normalized spacial score (nSPS) is 27.8. The van der Waals surface area contributed by atoms with Gasteiger partial charge in [0.15, 0.2) is 0 Å². The number of halogens is 3. The molecule has 1 aromatic rings. The Balaban J connectivity index is 2.29. The zero-order valence-corrected chi connectivity index (χ0v) is 20.5. The number of rotatable bonds is 7. The largest absolute Gasteiger partial charge is 0.392 e. The van der Waals surface area contributed by atoms with Crippen molar-refractivity contribution in [2.24, 2.45) is 17.8 Å². The van der Waals surface area contributed by atoms with Crippen molar-refractivity contribution in [2.45, 2.75) is 51.7 Å². The van der Waals surface area contributed by atoms with Gasteiger partial charge in [0.25, 0.3) is 0 Å². The summed E-state index contributed by atoms with van der Waals surface area (Å²) in [6, 6.07) is 5.27. The fourth-order valence-electron chi connectivity index (χ4n) is 3.59. The van der Waals surface area contributed by atoms with Crippen molar-refractivity contribution in [3.63, 3.8) is 0 Å². The Morgan fingerprint density at radius 1 is 1.48 bits per heavy atom. The molecule has 1 aliphatic carbocycles. The minimum absolute atomic E-state index is 0.0574. The molecule has 148 valence electrons. The lowest BCUT2D eigenvalue weighted by Crippen LogP contribution is -2.20. The van der Waals surface area contributed by atoms with E-state index in [4.69, 9.17) is 4.52 Å². The summed E-state index contributed by atoms with van der Waals surface area (Å²) < 4.78 is 21.1. The molecule has 1 fully saturated rings. The fraction of sp³-hybridized carbons (Fsp3) is 0.524. The highest BCUT2D eigenvalue weighted by Crippen LogP contribution is 2.46. The third kappa shape index (κ3) is 6.00. The molecule has 7 atom stereocenters. The highest BCUT2D eigenvalue weighted by atomic mass is 127. The maximum atomic E-state index is 14.7. The Hall–Kier alpha value is 0.01000. The zero-order valence-electron chi connectivity index (χ0n) is 15.8. The van der Waals surface area contributed by atoms with Crippen LogP contribution in [0.4, 0.5) is 4.39 Å². The van der Waals surface area contributed by atoms with E-state index in [-0.39, 0.29) is 23.8 Å². The molecule has 6 heteroatoms. The van der Waals surface area contributed by atoms with Gasteiger partial charge in [-0.25, -0.2) is 4.39 Å². The average molecular weight is 567 g/mol. The van der Waals surface area contributed by atoms with Gasteiger partial charge in [0.05, 0.1) is 23.1 Å². The smallest absolute Gasteiger partial charge is 0.140 e. The van der Waals surface area contributed by atoms with Crippen LogP contribution in [0.5, 0.6) is 0 Å². The molecule has 27 heavy (non-hydrogen) atoms. The molecule has 0 spiro atoms. The lowest BCUT2D eigenvalue weighted by atomic mass is 9.84. The van der Waals surface area contributed by atoms with Crippen LogP contribution in [-0.4, -0.2) is 17.3 Å². The second kappa shape index (κ2) is 11.3. The molecule has 2 nitrogen and oxygen atoms in total. The van der Waals surface area contributed by atoms with Gasteiger partial charge in [0.1, 0.15) is 5.82 Å². The SMILES string of the molecule is CC#CCC(C)C(C)/C=C/[C@@H]1[C@@H](c2cccc(Br)c2F)[C@@H](O)C[C@H]1OPI. The van der Waals surface area contributed by atoms with Gasteiger partial charge < -0.3 is 9.63 Å². The molecule has 0 amide bonds. The monoisotopic (exact) mass is 566 g/mol. The molecular formula is C21H26BrFIO2P. The Morgan fingerprint density at radius 2 is 2.22 bits per heavy atom. The van der Waals surface area contributed by atoms with Crippen LogP contribution in [0.2, 0.25) is 0 Å². The van der Waals surface area contributed by atoms with Gasteiger partial charge in [0.2, 0.25) is 0 Å². The van der Waals surface area contributed by atoms with E-state index in [1.165, 1.54) is 0 Å². The van der Waals surface area contributed by atoms with Gasteiger partial charge in [-0.2, -0.15) is 0 Å². The molecule has 1 aromatic carbocycles. The fourth-order valence-corrected chi connectivity index (χ4v) is 5.32. The first-order valence-electron chi connectivity index (χ1n) is 9.11. The lowest BCUT2D eigenvalue weighted by Gasteiger charge is -2.24. The molecule has 3 unspecified atom stereocenters. The van der Waals surface area contributed by atoms with Crippen molar-refractivity contribution in [1.82, 2.24) is 0 Å². The van der Waals surface area contributed by atoms with E-state index in [9.17, 15) is 9.50 Å².